The lowest BCUT2D eigenvalue weighted by Crippen LogP contribution is -2.20. The van der Waals surface area contributed by atoms with E-state index in [1.165, 1.54) is 12.1 Å². The molecule has 0 bridgehead atoms. The number of esters is 1. The SMILES string of the molecule is Cc1ccccc1-c1noc(COC(=O)c2ccc(OCC(N)=O)cc2)n1. The van der Waals surface area contributed by atoms with Crippen molar-refractivity contribution in [2.24, 2.45) is 5.73 Å². The van der Waals surface area contributed by atoms with Crippen LogP contribution >= 0.6 is 0 Å². The first kappa shape index (κ1) is 18.1. The number of amides is 1. The summed E-state index contributed by atoms with van der Waals surface area (Å²) in [4.78, 5) is 27.0. The molecule has 0 fully saturated rings. The number of hydrogen-bond donors (Lipinski definition) is 1. The third kappa shape index (κ3) is 4.69. The van der Waals surface area contributed by atoms with Crippen molar-refractivity contribution in [3.05, 3.63) is 65.5 Å². The number of rotatable bonds is 7. The summed E-state index contributed by atoms with van der Waals surface area (Å²) >= 11 is 0. The second-order valence-electron chi connectivity index (χ2n) is 5.68. The van der Waals surface area contributed by atoms with Crippen molar-refractivity contribution in [2.75, 3.05) is 6.61 Å². The number of carbonyl (C=O) groups excluding carboxylic acids is 2. The molecule has 8 heteroatoms. The highest BCUT2D eigenvalue weighted by atomic mass is 16.6. The van der Waals surface area contributed by atoms with E-state index in [4.69, 9.17) is 19.7 Å². The van der Waals surface area contributed by atoms with Gasteiger partial charge in [0.15, 0.2) is 13.2 Å². The Kier molecular flexibility index (Phi) is 5.46. The van der Waals surface area contributed by atoms with Crippen LogP contribution in [-0.4, -0.2) is 28.6 Å². The van der Waals surface area contributed by atoms with E-state index in [2.05, 4.69) is 10.1 Å². The lowest BCUT2D eigenvalue weighted by Gasteiger charge is -2.05. The first-order valence-electron chi connectivity index (χ1n) is 8.10. The lowest BCUT2D eigenvalue weighted by atomic mass is 10.1. The molecule has 2 aromatic carbocycles. The summed E-state index contributed by atoms with van der Waals surface area (Å²) in [7, 11) is 0. The van der Waals surface area contributed by atoms with Crippen molar-refractivity contribution in [2.45, 2.75) is 13.5 Å². The predicted molar refractivity (Wildman–Crippen MR) is 94.7 cm³/mol. The summed E-state index contributed by atoms with van der Waals surface area (Å²) in [6, 6.07) is 13.8. The van der Waals surface area contributed by atoms with Crippen LogP contribution < -0.4 is 10.5 Å². The maximum absolute atomic E-state index is 12.1. The van der Waals surface area contributed by atoms with Gasteiger partial charge in [-0.15, -0.1) is 0 Å². The highest BCUT2D eigenvalue weighted by molar-refractivity contribution is 5.89. The fourth-order valence-corrected chi connectivity index (χ4v) is 2.30. The number of nitrogens with zero attached hydrogens (tertiary/aromatic N) is 2. The number of benzene rings is 2. The maximum atomic E-state index is 12.1. The number of carbonyl (C=O) groups is 2. The molecule has 27 heavy (non-hydrogen) atoms. The molecule has 0 aliphatic carbocycles. The molecule has 0 aliphatic heterocycles. The first-order valence-corrected chi connectivity index (χ1v) is 8.10. The molecule has 0 atom stereocenters. The third-order valence-corrected chi connectivity index (χ3v) is 3.65. The van der Waals surface area contributed by atoms with E-state index in [-0.39, 0.29) is 19.1 Å². The fraction of sp³-hybridized carbons (Fsp3) is 0.158. The highest BCUT2D eigenvalue weighted by Crippen LogP contribution is 2.20. The second-order valence-corrected chi connectivity index (χ2v) is 5.68. The first-order chi connectivity index (χ1) is 13.0. The summed E-state index contributed by atoms with van der Waals surface area (Å²) in [5, 5.41) is 3.91. The Morgan fingerprint density at radius 2 is 1.85 bits per heavy atom. The minimum Gasteiger partial charge on any atom is -0.484 e. The molecule has 1 aromatic heterocycles. The van der Waals surface area contributed by atoms with Gasteiger partial charge in [0.25, 0.3) is 11.8 Å². The van der Waals surface area contributed by atoms with Crippen molar-refractivity contribution in [3.63, 3.8) is 0 Å². The fourth-order valence-electron chi connectivity index (χ4n) is 2.30. The Bertz CT molecular complexity index is 950. The van der Waals surface area contributed by atoms with Crippen molar-refractivity contribution in [1.29, 1.82) is 0 Å². The van der Waals surface area contributed by atoms with Gasteiger partial charge in [0.2, 0.25) is 5.82 Å². The van der Waals surface area contributed by atoms with Crippen LogP contribution in [0.25, 0.3) is 11.4 Å². The van der Waals surface area contributed by atoms with E-state index >= 15 is 0 Å². The minimum atomic E-state index is -0.580. The molecule has 2 N–H and O–H groups in total. The van der Waals surface area contributed by atoms with Gasteiger partial charge in [0.1, 0.15) is 5.75 Å². The standard InChI is InChI=1S/C19H17N3O5/c1-12-4-2-3-5-15(12)18-21-17(27-22-18)11-26-19(24)13-6-8-14(9-7-13)25-10-16(20)23/h2-9H,10-11H2,1H3,(H2,20,23). The molecule has 8 nitrogen and oxygen atoms in total. The summed E-state index contributed by atoms with van der Waals surface area (Å²) in [5.41, 5.74) is 7.19. The van der Waals surface area contributed by atoms with Gasteiger partial charge in [0.05, 0.1) is 5.56 Å². The molecule has 3 rings (SSSR count). The van der Waals surface area contributed by atoms with Crippen LogP contribution in [0, 0.1) is 6.92 Å². The summed E-state index contributed by atoms with van der Waals surface area (Å²) in [6.07, 6.45) is 0. The summed E-state index contributed by atoms with van der Waals surface area (Å²) < 4.78 is 15.4. The van der Waals surface area contributed by atoms with Gasteiger partial charge in [-0.25, -0.2) is 4.79 Å². The van der Waals surface area contributed by atoms with Crippen molar-refractivity contribution < 1.29 is 23.6 Å². The largest absolute Gasteiger partial charge is 0.484 e. The van der Waals surface area contributed by atoms with E-state index in [1.807, 2.05) is 31.2 Å². The maximum Gasteiger partial charge on any atom is 0.338 e. The molecule has 1 heterocycles. The average molecular weight is 367 g/mol. The minimum absolute atomic E-state index is 0.141. The van der Waals surface area contributed by atoms with E-state index in [9.17, 15) is 9.59 Å². The number of aromatic nitrogens is 2. The van der Waals surface area contributed by atoms with Crippen LogP contribution in [0.3, 0.4) is 0 Å². The normalized spacial score (nSPS) is 10.4. The molecule has 0 spiro atoms. The topological polar surface area (TPSA) is 118 Å². The van der Waals surface area contributed by atoms with Crippen LogP contribution in [0.1, 0.15) is 21.8 Å². The van der Waals surface area contributed by atoms with Gasteiger partial charge < -0.3 is 19.7 Å². The summed E-state index contributed by atoms with van der Waals surface area (Å²) in [6.45, 7) is 1.57. The molecule has 0 saturated carbocycles. The Hall–Kier alpha value is -3.68. The lowest BCUT2D eigenvalue weighted by molar-refractivity contribution is -0.119. The van der Waals surface area contributed by atoms with E-state index in [1.54, 1.807) is 12.1 Å². The average Bonchev–Trinajstić information content (AvgIpc) is 3.14. The van der Waals surface area contributed by atoms with Crippen LogP contribution in [-0.2, 0) is 16.1 Å². The number of aryl methyl sites for hydroxylation is 1. The van der Waals surface area contributed by atoms with Crippen LogP contribution in [0.5, 0.6) is 5.75 Å². The zero-order valence-corrected chi connectivity index (χ0v) is 14.5. The van der Waals surface area contributed by atoms with Crippen molar-refractivity contribution >= 4 is 11.9 Å². The molecule has 1 amide bonds. The number of ether oxygens (including phenoxy) is 2. The van der Waals surface area contributed by atoms with Crippen LogP contribution in [0.2, 0.25) is 0 Å². The monoisotopic (exact) mass is 367 g/mol. The van der Waals surface area contributed by atoms with Gasteiger partial charge in [-0.3, -0.25) is 4.79 Å². The number of nitrogens with two attached hydrogens (primary N) is 1. The van der Waals surface area contributed by atoms with Gasteiger partial charge in [-0.2, -0.15) is 4.98 Å². The molecule has 0 unspecified atom stereocenters. The quantitative estimate of drug-likeness (QED) is 0.636. The second kappa shape index (κ2) is 8.13. The van der Waals surface area contributed by atoms with Gasteiger partial charge in [-0.1, -0.05) is 29.4 Å². The Morgan fingerprint density at radius 1 is 1.11 bits per heavy atom. The smallest absolute Gasteiger partial charge is 0.338 e. The molecule has 0 saturated heterocycles. The number of hydrogen-bond acceptors (Lipinski definition) is 7. The van der Waals surface area contributed by atoms with Gasteiger partial charge in [-0.05, 0) is 36.8 Å². The molecular weight excluding hydrogens is 350 g/mol. The Balaban J connectivity index is 1.58. The molecule has 138 valence electrons. The zero-order valence-electron chi connectivity index (χ0n) is 14.5. The Morgan fingerprint density at radius 3 is 2.56 bits per heavy atom. The van der Waals surface area contributed by atoms with E-state index < -0.39 is 11.9 Å². The summed E-state index contributed by atoms with van der Waals surface area (Å²) in [5.74, 6) is -0.0709. The number of primary amides is 1. The molecule has 0 aliphatic rings. The van der Waals surface area contributed by atoms with Crippen LogP contribution in [0.15, 0.2) is 53.1 Å². The predicted octanol–water partition coefficient (Wildman–Crippen LogP) is 2.27. The molecule has 0 radical (unpaired) electrons. The third-order valence-electron chi connectivity index (χ3n) is 3.65. The van der Waals surface area contributed by atoms with Crippen molar-refractivity contribution in [1.82, 2.24) is 10.1 Å². The van der Waals surface area contributed by atoms with E-state index in [0.29, 0.717) is 17.1 Å². The van der Waals surface area contributed by atoms with Gasteiger partial charge >= 0.3 is 5.97 Å². The van der Waals surface area contributed by atoms with Gasteiger partial charge in [0, 0.05) is 5.56 Å². The highest BCUT2D eigenvalue weighted by Gasteiger charge is 2.13. The molecule has 3 aromatic rings. The van der Waals surface area contributed by atoms with Crippen LogP contribution in [0.4, 0.5) is 0 Å². The zero-order chi connectivity index (χ0) is 19.2. The molecular formula is C19H17N3O5. The van der Waals surface area contributed by atoms with Crippen molar-refractivity contribution in [3.8, 4) is 17.1 Å². The van der Waals surface area contributed by atoms with E-state index in [0.717, 1.165) is 11.1 Å². The Labute approximate surface area is 154 Å².